The van der Waals surface area contributed by atoms with Crippen molar-refractivity contribution in [3.8, 4) is 0 Å². The Labute approximate surface area is 131 Å². The van der Waals surface area contributed by atoms with Crippen LogP contribution in [-0.4, -0.2) is 11.8 Å². The summed E-state index contributed by atoms with van der Waals surface area (Å²) in [4.78, 5) is 23.1. The first-order valence-corrected chi connectivity index (χ1v) is 7.20. The average Bonchev–Trinajstić information content (AvgIpc) is 2.43. The van der Waals surface area contributed by atoms with Gasteiger partial charge in [-0.15, -0.1) is 0 Å². The van der Waals surface area contributed by atoms with Crippen LogP contribution in [0.25, 0.3) is 0 Å². The van der Waals surface area contributed by atoms with E-state index in [1.165, 1.54) is 6.92 Å². The van der Waals surface area contributed by atoms with Crippen molar-refractivity contribution in [2.75, 3.05) is 10.6 Å². The number of urea groups is 1. The van der Waals surface area contributed by atoms with Gasteiger partial charge >= 0.3 is 6.03 Å². The van der Waals surface area contributed by atoms with Gasteiger partial charge in [0.1, 0.15) is 0 Å². The van der Waals surface area contributed by atoms with Crippen molar-refractivity contribution in [1.82, 2.24) is 0 Å². The summed E-state index contributed by atoms with van der Waals surface area (Å²) in [5.74, 6) is -0.00392. The number of benzene rings is 2. The molecular formula is C16H15BrN2O2. The molecule has 0 bridgehead atoms. The molecule has 0 spiro atoms. The summed E-state index contributed by atoms with van der Waals surface area (Å²) >= 11 is 3.37. The highest BCUT2D eigenvalue weighted by atomic mass is 79.9. The van der Waals surface area contributed by atoms with Crippen LogP contribution in [0.5, 0.6) is 0 Å². The summed E-state index contributed by atoms with van der Waals surface area (Å²) in [5.41, 5.74) is 2.96. The molecule has 108 valence electrons. The molecule has 0 atom stereocenters. The normalized spacial score (nSPS) is 10.0. The van der Waals surface area contributed by atoms with E-state index in [-0.39, 0.29) is 11.8 Å². The Balaban J connectivity index is 2.04. The predicted molar refractivity (Wildman–Crippen MR) is 88.0 cm³/mol. The summed E-state index contributed by atoms with van der Waals surface area (Å²) in [5, 5.41) is 5.52. The minimum atomic E-state index is -0.327. The minimum Gasteiger partial charge on any atom is -0.308 e. The topological polar surface area (TPSA) is 58.2 Å². The molecule has 0 saturated carbocycles. The number of halogens is 1. The molecule has 0 aliphatic heterocycles. The molecule has 21 heavy (non-hydrogen) atoms. The molecular weight excluding hydrogens is 332 g/mol. The summed E-state index contributed by atoms with van der Waals surface area (Å²) in [6, 6.07) is 12.1. The van der Waals surface area contributed by atoms with Gasteiger partial charge < -0.3 is 10.6 Å². The molecule has 2 aromatic carbocycles. The van der Waals surface area contributed by atoms with Crippen LogP contribution in [0.15, 0.2) is 46.9 Å². The number of Topliss-reactive ketones (excluding diaryl/α,β-unsaturated/α-hetero) is 1. The van der Waals surface area contributed by atoms with Crippen LogP contribution >= 0.6 is 15.9 Å². The van der Waals surface area contributed by atoms with Gasteiger partial charge in [0, 0.05) is 21.4 Å². The van der Waals surface area contributed by atoms with Crippen molar-refractivity contribution in [3.05, 3.63) is 58.1 Å². The van der Waals surface area contributed by atoms with E-state index in [4.69, 9.17) is 0 Å². The molecule has 0 heterocycles. The molecule has 4 nitrogen and oxygen atoms in total. The first kappa shape index (κ1) is 15.3. The van der Waals surface area contributed by atoms with Crippen LogP contribution < -0.4 is 10.6 Å². The van der Waals surface area contributed by atoms with Crippen LogP contribution in [0.1, 0.15) is 22.8 Å². The second-order valence-electron chi connectivity index (χ2n) is 4.67. The molecule has 0 saturated heterocycles. The van der Waals surface area contributed by atoms with Crippen molar-refractivity contribution in [2.24, 2.45) is 0 Å². The molecule has 0 unspecified atom stereocenters. The van der Waals surface area contributed by atoms with E-state index in [0.29, 0.717) is 11.3 Å². The van der Waals surface area contributed by atoms with Crippen molar-refractivity contribution in [3.63, 3.8) is 0 Å². The Morgan fingerprint density at radius 1 is 1.00 bits per heavy atom. The van der Waals surface area contributed by atoms with Gasteiger partial charge in [0.05, 0.1) is 0 Å². The minimum absolute atomic E-state index is 0.00392. The van der Waals surface area contributed by atoms with E-state index in [1.807, 2.05) is 25.1 Å². The summed E-state index contributed by atoms with van der Waals surface area (Å²) < 4.78 is 0.897. The molecule has 2 amide bonds. The van der Waals surface area contributed by atoms with E-state index >= 15 is 0 Å². The Bertz CT molecular complexity index is 681. The molecule has 2 rings (SSSR count). The summed E-state index contributed by atoms with van der Waals surface area (Å²) in [6.45, 7) is 3.43. The van der Waals surface area contributed by atoms with Crippen LogP contribution in [0.4, 0.5) is 16.2 Å². The zero-order chi connectivity index (χ0) is 15.4. The molecule has 2 aromatic rings. The number of rotatable bonds is 3. The zero-order valence-corrected chi connectivity index (χ0v) is 13.3. The first-order valence-electron chi connectivity index (χ1n) is 6.41. The third-order valence-electron chi connectivity index (χ3n) is 3.00. The zero-order valence-electron chi connectivity index (χ0n) is 11.7. The lowest BCUT2D eigenvalue weighted by atomic mass is 10.1. The highest BCUT2D eigenvalue weighted by molar-refractivity contribution is 9.10. The van der Waals surface area contributed by atoms with Crippen LogP contribution in [0, 0.1) is 6.92 Å². The molecule has 5 heteroatoms. The summed E-state index contributed by atoms with van der Waals surface area (Å²) in [6.07, 6.45) is 0. The standard InChI is InChI=1S/C16H15BrN2O2/c1-10-3-6-13(17)9-15(10)19-16(21)18-14-7-4-12(5-8-14)11(2)20/h3-9H,1-2H3,(H2,18,19,21). The summed E-state index contributed by atoms with van der Waals surface area (Å²) in [7, 11) is 0. The fourth-order valence-corrected chi connectivity index (χ4v) is 2.16. The van der Waals surface area contributed by atoms with Gasteiger partial charge in [0.2, 0.25) is 0 Å². The molecule has 0 aliphatic rings. The maximum Gasteiger partial charge on any atom is 0.323 e. The smallest absolute Gasteiger partial charge is 0.308 e. The Kier molecular flexibility index (Phi) is 4.75. The fraction of sp³-hybridized carbons (Fsp3) is 0.125. The van der Waals surface area contributed by atoms with Crippen molar-refractivity contribution >= 4 is 39.1 Å². The number of nitrogens with one attached hydrogen (secondary N) is 2. The number of hydrogen-bond donors (Lipinski definition) is 2. The molecule has 0 radical (unpaired) electrons. The average molecular weight is 347 g/mol. The third kappa shape index (κ3) is 4.16. The molecule has 0 aliphatic carbocycles. The maximum absolute atomic E-state index is 12.0. The fourth-order valence-electron chi connectivity index (χ4n) is 1.80. The van der Waals surface area contributed by atoms with Gasteiger partial charge in [-0.1, -0.05) is 22.0 Å². The van der Waals surface area contributed by atoms with Crippen LogP contribution in [-0.2, 0) is 0 Å². The van der Waals surface area contributed by atoms with E-state index in [0.717, 1.165) is 15.7 Å². The Morgan fingerprint density at radius 3 is 2.29 bits per heavy atom. The monoisotopic (exact) mass is 346 g/mol. The quantitative estimate of drug-likeness (QED) is 0.797. The van der Waals surface area contributed by atoms with Crippen LogP contribution in [0.3, 0.4) is 0 Å². The first-order chi connectivity index (χ1) is 9.95. The van der Waals surface area contributed by atoms with Gasteiger partial charge in [-0.3, -0.25) is 4.79 Å². The van der Waals surface area contributed by atoms with Gasteiger partial charge in [-0.2, -0.15) is 0 Å². The number of carbonyl (C=O) groups excluding carboxylic acids is 2. The molecule has 0 aromatic heterocycles. The predicted octanol–water partition coefficient (Wildman–Crippen LogP) is 4.60. The lowest BCUT2D eigenvalue weighted by Gasteiger charge is -2.10. The maximum atomic E-state index is 12.0. The van der Waals surface area contributed by atoms with Gasteiger partial charge in [-0.05, 0) is 55.8 Å². The Hall–Kier alpha value is -2.14. The molecule has 2 N–H and O–H groups in total. The van der Waals surface area contributed by atoms with E-state index in [9.17, 15) is 9.59 Å². The lowest BCUT2D eigenvalue weighted by molar-refractivity contribution is 0.101. The number of ketones is 1. The van der Waals surface area contributed by atoms with Crippen LogP contribution in [0.2, 0.25) is 0 Å². The van der Waals surface area contributed by atoms with Gasteiger partial charge in [0.25, 0.3) is 0 Å². The van der Waals surface area contributed by atoms with E-state index in [1.54, 1.807) is 24.3 Å². The molecule has 0 fully saturated rings. The lowest BCUT2D eigenvalue weighted by Crippen LogP contribution is -2.20. The van der Waals surface area contributed by atoms with Crippen molar-refractivity contribution < 1.29 is 9.59 Å². The largest absolute Gasteiger partial charge is 0.323 e. The van der Waals surface area contributed by atoms with Crippen molar-refractivity contribution in [1.29, 1.82) is 0 Å². The number of aryl methyl sites for hydroxylation is 1. The number of anilines is 2. The Morgan fingerprint density at radius 2 is 1.67 bits per heavy atom. The number of carbonyl (C=O) groups is 2. The van der Waals surface area contributed by atoms with E-state index in [2.05, 4.69) is 26.6 Å². The SMILES string of the molecule is CC(=O)c1ccc(NC(=O)Nc2cc(Br)ccc2C)cc1. The van der Waals surface area contributed by atoms with Gasteiger partial charge in [-0.25, -0.2) is 4.79 Å². The second kappa shape index (κ2) is 6.54. The highest BCUT2D eigenvalue weighted by Crippen LogP contribution is 2.21. The third-order valence-corrected chi connectivity index (χ3v) is 3.49. The van der Waals surface area contributed by atoms with Crippen molar-refractivity contribution in [2.45, 2.75) is 13.8 Å². The second-order valence-corrected chi connectivity index (χ2v) is 5.59. The highest BCUT2D eigenvalue weighted by Gasteiger charge is 2.06. The number of amides is 2. The van der Waals surface area contributed by atoms with Gasteiger partial charge in [0.15, 0.2) is 5.78 Å². The van der Waals surface area contributed by atoms with E-state index < -0.39 is 0 Å². The number of hydrogen-bond acceptors (Lipinski definition) is 2.